The summed E-state index contributed by atoms with van der Waals surface area (Å²) in [7, 11) is 0. The summed E-state index contributed by atoms with van der Waals surface area (Å²) in [5.74, 6) is -0.769. The molecule has 1 saturated carbocycles. The first-order chi connectivity index (χ1) is 14.9. The minimum Gasteiger partial charge on any atom is -0.506 e. The van der Waals surface area contributed by atoms with Crippen molar-refractivity contribution in [3.63, 3.8) is 0 Å². The van der Waals surface area contributed by atoms with E-state index >= 15 is 0 Å². The van der Waals surface area contributed by atoms with E-state index in [4.69, 9.17) is 22.1 Å². The van der Waals surface area contributed by atoms with Crippen LogP contribution in [-0.2, 0) is 0 Å². The number of carbonyl (C=O) groups excluding carboxylic acids is 2. The van der Waals surface area contributed by atoms with Crippen LogP contribution in [0.2, 0.25) is 5.02 Å². The van der Waals surface area contributed by atoms with Crippen molar-refractivity contribution in [3.05, 3.63) is 70.4 Å². The predicted octanol–water partition coefficient (Wildman–Crippen LogP) is 4.92. The van der Waals surface area contributed by atoms with Crippen LogP contribution in [0.1, 0.15) is 45.0 Å². The quantitative estimate of drug-likeness (QED) is 0.374. The molecule has 0 saturated heterocycles. The van der Waals surface area contributed by atoms with E-state index in [2.05, 4.69) is 17.1 Å². The Balaban J connectivity index is 1.44. The molecule has 1 aromatic heterocycles. The molecule has 1 aliphatic carbocycles. The van der Waals surface area contributed by atoms with E-state index in [1.807, 2.05) is 6.07 Å². The number of ether oxygens (including phenoxy) is 1. The number of H-pyrrole nitrogens is 1. The van der Waals surface area contributed by atoms with Crippen LogP contribution in [0.15, 0.2) is 48.7 Å². The number of carbonyl (C=O) groups is 2. The maximum absolute atomic E-state index is 12.9. The van der Waals surface area contributed by atoms with E-state index in [9.17, 15) is 14.7 Å². The fourth-order valence-corrected chi connectivity index (χ4v) is 4.11. The summed E-state index contributed by atoms with van der Waals surface area (Å²) in [6.07, 6.45) is 4.08. The number of amides is 1. The predicted molar refractivity (Wildman–Crippen MR) is 119 cm³/mol. The summed E-state index contributed by atoms with van der Waals surface area (Å²) in [6, 6.07) is 12.5. The summed E-state index contributed by atoms with van der Waals surface area (Å²) < 4.78 is 5.67. The number of primary amides is 1. The Morgan fingerprint density at radius 2 is 1.94 bits per heavy atom. The van der Waals surface area contributed by atoms with E-state index < -0.39 is 5.91 Å². The molecule has 1 amide bonds. The Morgan fingerprint density at radius 3 is 2.68 bits per heavy atom. The monoisotopic (exact) mass is 434 g/mol. The average molecular weight is 435 g/mol. The van der Waals surface area contributed by atoms with Crippen molar-refractivity contribution in [2.24, 2.45) is 5.73 Å². The fraction of sp³-hybridized carbons (Fsp3) is 0.167. The van der Waals surface area contributed by atoms with Gasteiger partial charge in [0.15, 0.2) is 6.61 Å². The Kier molecular flexibility index (Phi) is 4.59. The van der Waals surface area contributed by atoms with Crippen molar-refractivity contribution in [3.8, 4) is 11.5 Å². The normalized spacial score (nSPS) is 13.6. The lowest BCUT2D eigenvalue weighted by Crippen LogP contribution is -2.17. The van der Waals surface area contributed by atoms with Crippen LogP contribution < -0.4 is 10.5 Å². The standard InChI is InChI=1S/C24H19ClN2O4/c25-15-5-3-14-8-21(22(24(26)30)23(29)17(14)9-15)31-11-20(28)18-10-27-19-7-13(12-1-2-12)4-6-16(18)19/h3-10,12,27,29H,1-2,11H2,(H2,26,30). The van der Waals surface area contributed by atoms with Crippen molar-refractivity contribution < 1.29 is 19.4 Å². The molecule has 7 heteroatoms. The second kappa shape index (κ2) is 7.32. The number of rotatable bonds is 6. The molecular formula is C24H19ClN2O4. The third-order valence-electron chi connectivity index (χ3n) is 5.70. The Bertz CT molecular complexity index is 1370. The first kappa shape index (κ1) is 19.5. The van der Waals surface area contributed by atoms with Gasteiger partial charge in [0, 0.05) is 33.1 Å². The van der Waals surface area contributed by atoms with Gasteiger partial charge in [-0.1, -0.05) is 29.8 Å². The van der Waals surface area contributed by atoms with Crippen LogP contribution in [0, 0.1) is 0 Å². The topological polar surface area (TPSA) is 105 Å². The zero-order chi connectivity index (χ0) is 21.7. The van der Waals surface area contributed by atoms with Gasteiger partial charge in [0.2, 0.25) is 5.78 Å². The zero-order valence-electron chi connectivity index (χ0n) is 16.4. The molecule has 156 valence electrons. The summed E-state index contributed by atoms with van der Waals surface area (Å²) in [5, 5.41) is 12.8. The highest BCUT2D eigenvalue weighted by Crippen LogP contribution is 2.41. The minimum atomic E-state index is -0.860. The smallest absolute Gasteiger partial charge is 0.256 e. The van der Waals surface area contributed by atoms with E-state index in [-0.39, 0.29) is 29.5 Å². The first-order valence-electron chi connectivity index (χ1n) is 9.94. The van der Waals surface area contributed by atoms with Crippen LogP contribution in [0.5, 0.6) is 11.5 Å². The molecule has 0 bridgehead atoms. The highest BCUT2D eigenvalue weighted by Gasteiger charge is 2.24. The lowest BCUT2D eigenvalue weighted by molar-refractivity contribution is 0.0913. The van der Waals surface area contributed by atoms with E-state index in [1.54, 1.807) is 24.4 Å². The number of aromatic hydroxyl groups is 1. The number of Topliss-reactive ketones (excluding diaryl/α,β-unsaturated/α-hetero) is 1. The molecule has 31 heavy (non-hydrogen) atoms. The molecule has 0 spiro atoms. The summed E-state index contributed by atoms with van der Waals surface area (Å²) in [4.78, 5) is 28.0. The number of benzene rings is 3. The highest BCUT2D eigenvalue weighted by atomic mass is 35.5. The molecule has 0 radical (unpaired) electrons. The van der Waals surface area contributed by atoms with Gasteiger partial charge in [-0.05, 0) is 54.0 Å². The minimum absolute atomic E-state index is 0.0454. The second-order valence-electron chi connectivity index (χ2n) is 7.82. The largest absolute Gasteiger partial charge is 0.506 e. The number of nitrogens with one attached hydrogen (secondary N) is 1. The van der Waals surface area contributed by atoms with Gasteiger partial charge in [0.1, 0.15) is 17.1 Å². The molecule has 4 N–H and O–H groups in total. The number of halogens is 1. The molecule has 0 atom stereocenters. The van der Waals surface area contributed by atoms with Crippen molar-refractivity contribution in [2.75, 3.05) is 6.61 Å². The maximum Gasteiger partial charge on any atom is 0.256 e. The number of nitrogens with two attached hydrogens (primary N) is 1. The molecule has 1 aliphatic rings. The Morgan fingerprint density at radius 1 is 1.13 bits per heavy atom. The molecular weight excluding hydrogens is 416 g/mol. The number of ketones is 1. The van der Waals surface area contributed by atoms with Gasteiger partial charge in [-0.2, -0.15) is 0 Å². The van der Waals surface area contributed by atoms with Gasteiger partial charge in [0.25, 0.3) is 5.91 Å². The number of fused-ring (bicyclic) bond motifs is 2. The van der Waals surface area contributed by atoms with Crippen LogP contribution in [0.4, 0.5) is 0 Å². The molecule has 0 unspecified atom stereocenters. The van der Waals surface area contributed by atoms with Crippen LogP contribution in [-0.4, -0.2) is 28.4 Å². The molecule has 0 aliphatic heterocycles. The lowest BCUT2D eigenvalue weighted by atomic mass is 10.0. The van der Waals surface area contributed by atoms with Crippen molar-refractivity contribution in [2.45, 2.75) is 18.8 Å². The van der Waals surface area contributed by atoms with Crippen molar-refractivity contribution in [1.29, 1.82) is 0 Å². The van der Waals surface area contributed by atoms with Crippen LogP contribution in [0.3, 0.4) is 0 Å². The van der Waals surface area contributed by atoms with Crippen molar-refractivity contribution in [1.82, 2.24) is 4.98 Å². The summed E-state index contributed by atoms with van der Waals surface area (Å²) in [5.41, 5.74) is 7.97. The molecule has 6 nitrogen and oxygen atoms in total. The lowest BCUT2D eigenvalue weighted by Gasteiger charge is -2.13. The van der Waals surface area contributed by atoms with E-state index in [0.29, 0.717) is 27.3 Å². The maximum atomic E-state index is 12.9. The Labute approximate surface area is 182 Å². The zero-order valence-corrected chi connectivity index (χ0v) is 17.2. The highest BCUT2D eigenvalue weighted by molar-refractivity contribution is 6.31. The van der Waals surface area contributed by atoms with Crippen LogP contribution >= 0.6 is 11.6 Å². The number of phenols is 1. The fourth-order valence-electron chi connectivity index (χ4n) is 3.94. The summed E-state index contributed by atoms with van der Waals surface area (Å²) in [6.45, 7) is -0.309. The van der Waals surface area contributed by atoms with Crippen LogP contribution in [0.25, 0.3) is 21.7 Å². The van der Waals surface area contributed by atoms with Gasteiger partial charge in [0.05, 0.1) is 0 Å². The average Bonchev–Trinajstić information content (AvgIpc) is 3.51. The molecule has 1 fully saturated rings. The van der Waals surface area contributed by atoms with Gasteiger partial charge in [-0.3, -0.25) is 9.59 Å². The molecule has 1 heterocycles. The third kappa shape index (κ3) is 3.49. The third-order valence-corrected chi connectivity index (χ3v) is 5.94. The summed E-state index contributed by atoms with van der Waals surface area (Å²) >= 11 is 5.99. The van der Waals surface area contributed by atoms with E-state index in [1.165, 1.54) is 24.5 Å². The van der Waals surface area contributed by atoms with E-state index in [0.717, 1.165) is 10.9 Å². The van der Waals surface area contributed by atoms with Crippen molar-refractivity contribution >= 4 is 45.0 Å². The van der Waals surface area contributed by atoms with Gasteiger partial charge >= 0.3 is 0 Å². The Hall–Kier alpha value is -3.51. The number of aromatic nitrogens is 1. The SMILES string of the molecule is NC(=O)c1c(OCC(=O)c2c[nH]c3cc(C4CC4)ccc23)cc2ccc(Cl)cc2c1O. The number of hydrogen-bond donors (Lipinski definition) is 3. The first-order valence-corrected chi connectivity index (χ1v) is 10.3. The second-order valence-corrected chi connectivity index (χ2v) is 8.26. The molecule has 3 aromatic carbocycles. The molecule has 4 aromatic rings. The van der Waals surface area contributed by atoms with Gasteiger partial charge in [-0.15, -0.1) is 0 Å². The number of aromatic amines is 1. The van der Waals surface area contributed by atoms with Gasteiger partial charge < -0.3 is 20.6 Å². The molecule has 5 rings (SSSR count). The number of hydrogen-bond acceptors (Lipinski definition) is 4. The van der Waals surface area contributed by atoms with Gasteiger partial charge in [-0.25, -0.2) is 0 Å².